The first-order chi connectivity index (χ1) is 14.5. The molecule has 0 unspecified atom stereocenters. The zero-order valence-corrected chi connectivity index (χ0v) is 17.6. The van der Waals surface area contributed by atoms with Gasteiger partial charge in [0.2, 0.25) is 0 Å². The number of nitrogens with zero attached hydrogens (tertiary/aromatic N) is 4. The lowest BCUT2D eigenvalue weighted by atomic mass is 10.1. The van der Waals surface area contributed by atoms with Crippen molar-refractivity contribution >= 4 is 11.7 Å². The molecule has 30 heavy (non-hydrogen) atoms. The van der Waals surface area contributed by atoms with Gasteiger partial charge >= 0.3 is 0 Å². The van der Waals surface area contributed by atoms with E-state index in [1.165, 1.54) is 5.56 Å². The Morgan fingerprint density at radius 3 is 2.33 bits per heavy atom. The molecule has 1 saturated heterocycles. The Kier molecular flexibility index (Phi) is 5.65. The first-order valence-corrected chi connectivity index (χ1v) is 10.1. The van der Waals surface area contributed by atoms with Gasteiger partial charge in [-0.05, 0) is 44.2 Å². The Balaban J connectivity index is 1.46. The summed E-state index contributed by atoms with van der Waals surface area (Å²) in [5.41, 5.74) is 3.83. The standard InChI is InChI=1S/C24H26N4O2/c1-17-5-4-6-20(15-17)23-25-18(2)16-22(26-23)27-11-13-28(14-12-27)24(29)19-7-9-21(30-3)10-8-19/h4-10,15-16H,11-14H2,1-3H3. The number of hydrogen-bond donors (Lipinski definition) is 0. The summed E-state index contributed by atoms with van der Waals surface area (Å²) in [4.78, 5) is 26.4. The van der Waals surface area contributed by atoms with Crippen molar-refractivity contribution in [3.05, 3.63) is 71.4 Å². The lowest BCUT2D eigenvalue weighted by molar-refractivity contribution is 0.0746. The third kappa shape index (κ3) is 4.27. The van der Waals surface area contributed by atoms with Crippen molar-refractivity contribution < 1.29 is 9.53 Å². The molecule has 2 heterocycles. The topological polar surface area (TPSA) is 58.6 Å². The Labute approximate surface area is 177 Å². The van der Waals surface area contributed by atoms with Crippen LogP contribution in [0.3, 0.4) is 0 Å². The SMILES string of the molecule is COc1ccc(C(=O)N2CCN(c3cc(C)nc(-c4cccc(C)c4)n3)CC2)cc1. The van der Waals surface area contributed by atoms with E-state index in [0.29, 0.717) is 18.7 Å². The Hall–Kier alpha value is -3.41. The summed E-state index contributed by atoms with van der Waals surface area (Å²) in [7, 11) is 1.62. The van der Waals surface area contributed by atoms with Crippen LogP contribution < -0.4 is 9.64 Å². The number of piperazine rings is 1. The second-order valence-corrected chi connectivity index (χ2v) is 7.57. The van der Waals surface area contributed by atoms with E-state index in [1.54, 1.807) is 7.11 Å². The van der Waals surface area contributed by atoms with Gasteiger partial charge in [0.1, 0.15) is 11.6 Å². The average Bonchev–Trinajstić information content (AvgIpc) is 2.78. The molecule has 6 heteroatoms. The molecule has 1 aliphatic heterocycles. The van der Waals surface area contributed by atoms with E-state index in [2.05, 4.69) is 28.9 Å². The number of carbonyl (C=O) groups is 1. The highest BCUT2D eigenvalue weighted by Gasteiger charge is 2.23. The van der Waals surface area contributed by atoms with Crippen LogP contribution >= 0.6 is 0 Å². The number of aryl methyl sites for hydroxylation is 2. The molecule has 1 fully saturated rings. The lowest BCUT2D eigenvalue weighted by Crippen LogP contribution is -2.49. The highest BCUT2D eigenvalue weighted by Crippen LogP contribution is 2.22. The van der Waals surface area contributed by atoms with Crippen LogP contribution in [0.25, 0.3) is 11.4 Å². The molecular weight excluding hydrogens is 376 g/mol. The molecule has 0 atom stereocenters. The van der Waals surface area contributed by atoms with E-state index in [-0.39, 0.29) is 5.91 Å². The fourth-order valence-electron chi connectivity index (χ4n) is 3.68. The molecule has 3 aromatic rings. The van der Waals surface area contributed by atoms with Gasteiger partial charge in [-0.15, -0.1) is 0 Å². The van der Waals surface area contributed by atoms with Gasteiger partial charge in [0.25, 0.3) is 5.91 Å². The number of ether oxygens (including phenoxy) is 1. The minimum atomic E-state index is 0.0524. The summed E-state index contributed by atoms with van der Waals surface area (Å²) in [5.74, 6) is 2.46. The van der Waals surface area contributed by atoms with Crippen LogP contribution in [0.1, 0.15) is 21.6 Å². The minimum Gasteiger partial charge on any atom is -0.497 e. The summed E-state index contributed by atoms with van der Waals surface area (Å²) in [6.45, 7) is 6.87. The number of rotatable bonds is 4. The van der Waals surface area contributed by atoms with Crippen LogP contribution in [0, 0.1) is 13.8 Å². The predicted octanol–water partition coefficient (Wildman–Crippen LogP) is 3.73. The van der Waals surface area contributed by atoms with Gasteiger partial charge < -0.3 is 14.5 Å². The van der Waals surface area contributed by atoms with Crippen LogP contribution in [-0.2, 0) is 0 Å². The Morgan fingerprint density at radius 1 is 0.933 bits per heavy atom. The average molecular weight is 402 g/mol. The van der Waals surface area contributed by atoms with Gasteiger partial charge in [0.05, 0.1) is 7.11 Å². The third-order valence-corrected chi connectivity index (χ3v) is 5.34. The van der Waals surface area contributed by atoms with Crippen LogP contribution in [-0.4, -0.2) is 54.1 Å². The first kappa shape index (κ1) is 19.9. The predicted molar refractivity (Wildman–Crippen MR) is 118 cm³/mol. The van der Waals surface area contributed by atoms with Gasteiger partial charge in [0, 0.05) is 49.1 Å². The highest BCUT2D eigenvalue weighted by molar-refractivity contribution is 5.94. The molecule has 0 aliphatic carbocycles. The van der Waals surface area contributed by atoms with E-state index < -0.39 is 0 Å². The summed E-state index contributed by atoms with van der Waals surface area (Å²) in [6.07, 6.45) is 0. The molecule has 1 aromatic heterocycles. The lowest BCUT2D eigenvalue weighted by Gasteiger charge is -2.35. The second kappa shape index (κ2) is 8.53. The molecular formula is C24H26N4O2. The van der Waals surface area contributed by atoms with Crippen molar-refractivity contribution in [3.63, 3.8) is 0 Å². The van der Waals surface area contributed by atoms with E-state index in [0.717, 1.165) is 41.7 Å². The third-order valence-electron chi connectivity index (χ3n) is 5.34. The first-order valence-electron chi connectivity index (χ1n) is 10.1. The molecule has 6 nitrogen and oxygen atoms in total. The van der Waals surface area contributed by atoms with Gasteiger partial charge in [-0.3, -0.25) is 4.79 Å². The number of methoxy groups -OCH3 is 1. The van der Waals surface area contributed by atoms with Crippen molar-refractivity contribution in [2.24, 2.45) is 0 Å². The van der Waals surface area contributed by atoms with E-state index in [9.17, 15) is 4.79 Å². The molecule has 4 rings (SSSR count). The second-order valence-electron chi connectivity index (χ2n) is 7.57. The maximum Gasteiger partial charge on any atom is 0.253 e. The monoisotopic (exact) mass is 402 g/mol. The van der Waals surface area contributed by atoms with E-state index in [4.69, 9.17) is 9.72 Å². The molecule has 0 bridgehead atoms. The maximum absolute atomic E-state index is 12.8. The fourth-order valence-corrected chi connectivity index (χ4v) is 3.68. The molecule has 2 aromatic carbocycles. The van der Waals surface area contributed by atoms with Gasteiger partial charge in [-0.25, -0.2) is 9.97 Å². The van der Waals surface area contributed by atoms with Crippen LogP contribution in [0.4, 0.5) is 5.82 Å². The largest absolute Gasteiger partial charge is 0.497 e. The number of carbonyl (C=O) groups excluding carboxylic acids is 1. The van der Waals surface area contributed by atoms with Crippen molar-refractivity contribution in [3.8, 4) is 17.1 Å². The van der Waals surface area contributed by atoms with Gasteiger partial charge in [-0.1, -0.05) is 23.8 Å². The van der Waals surface area contributed by atoms with Crippen molar-refractivity contribution in [1.82, 2.24) is 14.9 Å². The molecule has 0 saturated carbocycles. The van der Waals surface area contributed by atoms with E-state index >= 15 is 0 Å². The molecule has 154 valence electrons. The molecule has 1 amide bonds. The zero-order valence-electron chi connectivity index (χ0n) is 17.6. The Morgan fingerprint density at radius 2 is 1.67 bits per heavy atom. The van der Waals surface area contributed by atoms with Crippen LogP contribution in [0.2, 0.25) is 0 Å². The zero-order chi connectivity index (χ0) is 21.1. The fraction of sp³-hybridized carbons (Fsp3) is 0.292. The molecule has 0 spiro atoms. The van der Waals surface area contributed by atoms with Crippen LogP contribution in [0.5, 0.6) is 5.75 Å². The summed E-state index contributed by atoms with van der Waals surface area (Å²) >= 11 is 0. The van der Waals surface area contributed by atoms with Gasteiger partial charge in [0.15, 0.2) is 5.82 Å². The highest BCUT2D eigenvalue weighted by atomic mass is 16.5. The van der Waals surface area contributed by atoms with Crippen molar-refractivity contribution in [2.45, 2.75) is 13.8 Å². The number of amides is 1. The number of aromatic nitrogens is 2. The number of hydrogen-bond acceptors (Lipinski definition) is 5. The van der Waals surface area contributed by atoms with Crippen molar-refractivity contribution in [2.75, 3.05) is 38.2 Å². The van der Waals surface area contributed by atoms with Gasteiger partial charge in [-0.2, -0.15) is 0 Å². The van der Waals surface area contributed by atoms with E-state index in [1.807, 2.05) is 54.3 Å². The summed E-state index contributed by atoms with van der Waals surface area (Å²) < 4.78 is 5.17. The minimum absolute atomic E-state index is 0.0524. The molecule has 1 aliphatic rings. The normalized spacial score (nSPS) is 14.0. The maximum atomic E-state index is 12.8. The molecule has 0 radical (unpaired) electrons. The molecule has 0 N–H and O–H groups in total. The number of anilines is 1. The Bertz CT molecular complexity index is 1040. The number of benzene rings is 2. The quantitative estimate of drug-likeness (QED) is 0.666. The summed E-state index contributed by atoms with van der Waals surface area (Å²) in [5, 5.41) is 0. The smallest absolute Gasteiger partial charge is 0.253 e. The van der Waals surface area contributed by atoms with Crippen molar-refractivity contribution in [1.29, 1.82) is 0 Å². The summed E-state index contributed by atoms with van der Waals surface area (Å²) in [6, 6.07) is 17.5. The van der Waals surface area contributed by atoms with Crippen LogP contribution in [0.15, 0.2) is 54.6 Å².